The fourth-order valence-electron chi connectivity index (χ4n) is 5.74. The van der Waals surface area contributed by atoms with Crippen LogP contribution in [0, 0.1) is 6.92 Å². The average molecular weight is 443 g/mol. The predicted molar refractivity (Wildman–Crippen MR) is 136 cm³/mol. The first kappa shape index (κ1) is 20.8. The maximum absolute atomic E-state index is 4.60. The SMILES string of the molecule is Cc1ccc2cc(CN3CCCC3CCN3CCN(c4n[nH]c5ccccc45)CC3)[nH]c2c1. The summed E-state index contributed by atoms with van der Waals surface area (Å²) in [6.45, 7) is 9.97. The van der Waals surface area contributed by atoms with Crippen LogP contribution in [0.4, 0.5) is 5.82 Å². The van der Waals surface area contributed by atoms with Crippen LogP contribution in [-0.4, -0.2) is 70.3 Å². The van der Waals surface area contributed by atoms with Crippen LogP contribution in [0.25, 0.3) is 21.8 Å². The Morgan fingerprint density at radius 2 is 1.85 bits per heavy atom. The summed E-state index contributed by atoms with van der Waals surface area (Å²) in [5, 5.41) is 10.3. The van der Waals surface area contributed by atoms with Gasteiger partial charge in [0.25, 0.3) is 0 Å². The van der Waals surface area contributed by atoms with Gasteiger partial charge in [0.15, 0.2) is 5.82 Å². The third-order valence-corrected chi connectivity index (χ3v) is 7.61. The lowest BCUT2D eigenvalue weighted by atomic mass is 10.1. The van der Waals surface area contributed by atoms with Crippen molar-refractivity contribution in [1.82, 2.24) is 25.0 Å². The molecule has 0 bridgehead atoms. The van der Waals surface area contributed by atoms with Gasteiger partial charge in [-0.1, -0.05) is 24.3 Å². The van der Waals surface area contributed by atoms with Crippen molar-refractivity contribution in [2.75, 3.05) is 44.2 Å². The van der Waals surface area contributed by atoms with E-state index >= 15 is 0 Å². The molecule has 2 aromatic heterocycles. The number of aromatic amines is 2. The van der Waals surface area contributed by atoms with Crippen LogP contribution in [0.1, 0.15) is 30.5 Å². The zero-order valence-electron chi connectivity index (χ0n) is 19.6. The zero-order valence-corrected chi connectivity index (χ0v) is 19.6. The molecule has 0 saturated carbocycles. The first-order valence-electron chi connectivity index (χ1n) is 12.5. The van der Waals surface area contributed by atoms with E-state index in [1.807, 2.05) is 0 Å². The van der Waals surface area contributed by atoms with Crippen molar-refractivity contribution in [3.05, 3.63) is 59.8 Å². The molecule has 0 radical (unpaired) electrons. The Hall–Kier alpha value is -2.83. The van der Waals surface area contributed by atoms with E-state index in [9.17, 15) is 0 Å². The number of likely N-dealkylation sites (tertiary alicyclic amines) is 1. The van der Waals surface area contributed by atoms with Gasteiger partial charge in [0.1, 0.15) is 0 Å². The number of H-pyrrole nitrogens is 2. The van der Waals surface area contributed by atoms with E-state index in [4.69, 9.17) is 0 Å². The average Bonchev–Trinajstić information content (AvgIpc) is 3.56. The summed E-state index contributed by atoms with van der Waals surface area (Å²) in [5.74, 6) is 1.11. The van der Waals surface area contributed by atoms with Crippen LogP contribution in [0.15, 0.2) is 48.5 Å². The monoisotopic (exact) mass is 442 g/mol. The van der Waals surface area contributed by atoms with Gasteiger partial charge in [-0.05, 0) is 74.5 Å². The molecular formula is C27H34N6. The predicted octanol–water partition coefficient (Wildman–Crippen LogP) is 4.53. The lowest BCUT2D eigenvalue weighted by Crippen LogP contribution is -2.47. The minimum Gasteiger partial charge on any atom is -0.357 e. The molecule has 2 N–H and O–H groups in total. The van der Waals surface area contributed by atoms with Crippen molar-refractivity contribution in [2.24, 2.45) is 0 Å². The first-order valence-corrected chi connectivity index (χ1v) is 12.5. The molecule has 6 heteroatoms. The molecular weight excluding hydrogens is 408 g/mol. The molecule has 2 aliphatic heterocycles. The van der Waals surface area contributed by atoms with Gasteiger partial charge >= 0.3 is 0 Å². The number of benzene rings is 2. The Labute approximate surface area is 195 Å². The standard InChI is InChI=1S/C27H34N6/c1-20-8-9-21-18-22(28-26(21)17-20)19-33-11-4-5-23(33)10-12-31-13-15-32(16-14-31)27-24-6-2-3-7-25(24)29-30-27/h2-3,6-9,17-18,23,28H,4-5,10-16,19H2,1H3,(H,29,30). The Bertz CT molecular complexity index is 1230. The van der Waals surface area contributed by atoms with Crippen LogP contribution >= 0.6 is 0 Å². The lowest BCUT2D eigenvalue weighted by Gasteiger charge is -2.36. The lowest BCUT2D eigenvalue weighted by molar-refractivity contribution is 0.189. The van der Waals surface area contributed by atoms with Gasteiger partial charge in [0.2, 0.25) is 0 Å². The number of anilines is 1. The highest BCUT2D eigenvalue weighted by Crippen LogP contribution is 2.27. The topological polar surface area (TPSA) is 54.2 Å². The second-order valence-corrected chi connectivity index (χ2v) is 9.86. The summed E-state index contributed by atoms with van der Waals surface area (Å²) in [7, 11) is 0. The third-order valence-electron chi connectivity index (χ3n) is 7.61. The van der Waals surface area contributed by atoms with E-state index in [-0.39, 0.29) is 0 Å². The molecule has 0 aliphatic carbocycles. The van der Waals surface area contributed by atoms with E-state index in [1.54, 1.807) is 0 Å². The van der Waals surface area contributed by atoms with Crippen molar-refractivity contribution in [3.8, 4) is 0 Å². The summed E-state index contributed by atoms with van der Waals surface area (Å²) in [6, 6.07) is 18.2. The van der Waals surface area contributed by atoms with Gasteiger partial charge in [-0.3, -0.25) is 14.9 Å². The van der Waals surface area contributed by atoms with E-state index in [0.29, 0.717) is 6.04 Å². The smallest absolute Gasteiger partial charge is 0.158 e. The number of aryl methyl sites for hydroxylation is 1. The van der Waals surface area contributed by atoms with Gasteiger partial charge in [0, 0.05) is 55.4 Å². The van der Waals surface area contributed by atoms with E-state index in [0.717, 1.165) is 44.1 Å². The highest BCUT2D eigenvalue weighted by atomic mass is 15.3. The maximum Gasteiger partial charge on any atom is 0.158 e. The number of para-hydroxylation sites is 1. The third kappa shape index (κ3) is 4.25. The number of nitrogens with zero attached hydrogens (tertiary/aromatic N) is 4. The molecule has 2 aliphatic rings. The number of nitrogens with one attached hydrogen (secondary N) is 2. The number of aromatic nitrogens is 3. The Kier molecular flexibility index (Phi) is 5.56. The fraction of sp³-hybridized carbons (Fsp3) is 0.444. The van der Waals surface area contributed by atoms with Crippen LogP contribution in [-0.2, 0) is 6.54 Å². The molecule has 1 unspecified atom stereocenters. The number of rotatable bonds is 6. The molecule has 2 saturated heterocycles. The van der Waals surface area contributed by atoms with E-state index in [1.165, 1.54) is 59.9 Å². The summed E-state index contributed by atoms with van der Waals surface area (Å²) >= 11 is 0. The van der Waals surface area contributed by atoms with Gasteiger partial charge in [-0.2, -0.15) is 5.10 Å². The Morgan fingerprint density at radius 3 is 2.76 bits per heavy atom. The molecule has 6 rings (SSSR count). The molecule has 0 spiro atoms. The van der Waals surface area contributed by atoms with Gasteiger partial charge < -0.3 is 9.88 Å². The molecule has 2 fully saturated rings. The minimum absolute atomic E-state index is 0.700. The molecule has 33 heavy (non-hydrogen) atoms. The van der Waals surface area contributed by atoms with Crippen LogP contribution in [0.3, 0.4) is 0 Å². The number of fused-ring (bicyclic) bond motifs is 2. The Morgan fingerprint density at radius 1 is 0.970 bits per heavy atom. The summed E-state index contributed by atoms with van der Waals surface area (Å²) < 4.78 is 0. The quantitative estimate of drug-likeness (QED) is 0.461. The van der Waals surface area contributed by atoms with Gasteiger partial charge in [-0.15, -0.1) is 0 Å². The van der Waals surface area contributed by atoms with Crippen molar-refractivity contribution in [2.45, 2.75) is 38.8 Å². The molecule has 4 heterocycles. The fourth-order valence-corrected chi connectivity index (χ4v) is 5.74. The first-order chi connectivity index (χ1) is 16.2. The normalized spacial score (nSPS) is 20.4. The van der Waals surface area contributed by atoms with Crippen LogP contribution in [0.2, 0.25) is 0 Å². The van der Waals surface area contributed by atoms with Crippen molar-refractivity contribution < 1.29 is 0 Å². The van der Waals surface area contributed by atoms with Gasteiger partial charge in [-0.25, -0.2) is 0 Å². The van der Waals surface area contributed by atoms with E-state index < -0.39 is 0 Å². The minimum atomic E-state index is 0.700. The Balaban J connectivity index is 1.02. The highest BCUT2D eigenvalue weighted by molar-refractivity contribution is 5.90. The number of hydrogen-bond acceptors (Lipinski definition) is 4. The van der Waals surface area contributed by atoms with Crippen LogP contribution in [0.5, 0.6) is 0 Å². The number of hydrogen-bond donors (Lipinski definition) is 2. The second kappa shape index (κ2) is 8.84. The molecule has 2 aromatic carbocycles. The van der Waals surface area contributed by atoms with Gasteiger partial charge in [0.05, 0.1) is 5.52 Å². The summed E-state index contributed by atoms with van der Waals surface area (Å²) in [6.07, 6.45) is 3.92. The molecule has 4 aromatic rings. The summed E-state index contributed by atoms with van der Waals surface area (Å²) in [5.41, 5.74) is 5.06. The summed E-state index contributed by atoms with van der Waals surface area (Å²) in [4.78, 5) is 11.4. The van der Waals surface area contributed by atoms with E-state index in [2.05, 4.69) is 85.3 Å². The van der Waals surface area contributed by atoms with Crippen molar-refractivity contribution in [3.63, 3.8) is 0 Å². The molecule has 1 atom stereocenters. The number of piperazine rings is 1. The van der Waals surface area contributed by atoms with Crippen molar-refractivity contribution in [1.29, 1.82) is 0 Å². The second-order valence-electron chi connectivity index (χ2n) is 9.86. The van der Waals surface area contributed by atoms with Crippen molar-refractivity contribution >= 4 is 27.6 Å². The maximum atomic E-state index is 4.60. The largest absolute Gasteiger partial charge is 0.357 e. The molecule has 6 nitrogen and oxygen atoms in total. The zero-order chi connectivity index (χ0) is 22.2. The van der Waals surface area contributed by atoms with Crippen LogP contribution < -0.4 is 4.90 Å². The molecule has 0 amide bonds. The molecule has 172 valence electrons. The highest BCUT2D eigenvalue weighted by Gasteiger charge is 2.27.